The van der Waals surface area contributed by atoms with Crippen molar-refractivity contribution in [2.75, 3.05) is 31.9 Å². The third-order valence-electron chi connectivity index (χ3n) is 4.50. The van der Waals surface area contributed by atoms with Gasteiger partial charge in [-0.15, -0.1) is 11.8 Å². The van der Waals surface area contributed by atoms with Gasteiger partial charge in [0.05, 0.1) is 20.8 Å². The number of anilines is 1. The van der Waals surface area contributed by atoms with Crippen molar-refractivity contribution in [3.8, 4) is 11.5 Å². The zero-order valence-electron chi connectivity index (χ0n) is 17.1. The molecule has 2 amide bonds. The van der Waals surface area contributed by atoms with Crippen LogP contribution in [0.3, 0.4) is 0 Å². The predicted octanol–water partition coefficient (Wildman–Crippen LogP) is 3.57. The van der Waals surface area contributed by atoms with Crippen molar-refractivity contribution in [2.24, 2.45) is 0 Å². The van der Waals surface area contributed by atoms with Crippen LogP contribution in [-0.4, -0.2) is 38.4 Å². The Morgan fingerprint density at radius 2 is 1.83 bits per heavy atom. The summed E-state index contributed by atoms with van der Waals surface area (Å²) in [5, 5.41) is 5.70. The molecular formula is C22H24N2O5S. The van der Waals surface area contributed by atoms with Crippen LogP contribution < -0.4 is 20.1 Å². The van der Waals surface area contributed by atoms with Gasteiger partial charge in [0.2, 0.25) is 0 Å². The Hall–Kier alpha value is -3.13. The Kier molecular flexibility index (Phi) is 7.24. The average molecular weight is 429 g/mol. The molecular weight excluding hydrogens is 404 g/mol. The monoisotopic (exact) mass is 428 g/mol. The quantitative estimate of drug-likeness (QED) is 0.701. The fraction of sp³-hybridized carbons (Fsp3) is 0.273. The molecule has 0 aromatic heterocycles. The highest BCUT2D eigenvalue weighted by molar-refractivity contribution is 8.04. The van der Waals surface area contributed by atoms with Crippen molar-refractivity contribution < 1.29 is 23.8 Å². The molecule has 2 N–H and O–H groups in total. The zero-order valence-corrected chi connectivity index (χ0v) is 17.9. The second-order valence-electron chi connectivity index (χ2n) is 6.45. The third-order valence-corrected chi connectivity index (χ3v) is 5.64. The topological polar surface area (TPSA) is 85.9 Å². The normalized spacial score (nSPS) is 13.3. The Balaban J connectivity index is 1.61. The van der Waals surface area contributed by atoms with Crippen LogP contribution in [-0.2, 0) is 16.1 Å². The molecule has 0 saturated carbocycles. The minimum Gasteiger partial charge on any atom is -0.496 e. The van der Waals surface area contributed by atoms with Gasteiger partial charge in [0, 0.05) is 29.1 Å². The molecule has 8 heteroatoms. The average Bonchev–Trinajstić information content (AvgIpc) is 2.77. The molecule has 0 aliphatic carbocycles. The summed E-state index contributed by atoms with van der Waals surface area (Å²) in [6.07, 6.45) is 0. The Bertz CT molecular complexity index is 957. The first-order valence-corrected chi connectivity index (χ1v) is 10.4. The van der Waals surface area contributed by atoms with E-state index in [1.807, 2.05) is 12.1 Å². The highest BCUT2D eigenvalue weighted by atomic mass is 32.2. The van der Waals surface area contributed by atoms with E-state index in [2.05, 4.69) is 10.6 Å². The number of nitrogens with one attached hydrogen (secondary N) is 2. The fourth-order valence-corrected chi connectivity index (χ4v) is 3.81. The number of benzene rings is 2. The van der Waals surface area contributed by atoms with Crippen molar-refractivity contribution >= 4 is 29.3 Å². The number of carbonyl (C=O) groups is 2. The van der Waals surface area contributed by atoms with Gasteiger partial charge in [0.15, 0.2) is 11.5 Å². The first kappa shape index (κ1) is 21.6. The standard InChI is InChI=1S/C22H24N2O5S/c1-14-20(30-12-11-29-14)22(26)24-17-9-7-15(8-10-17)21(25)23-13-16-5-4-6-18(27-2)19(16)28-3/h4-10H,11-13H2,1-3H3,(H,23,25)(H,24,26). The SMILES string of the molecule is COc1cccc(CNC(=O)c2ccc(NC(=O)C3=C(C)OCCS3)cc2)c1OC. The Morgan fingerprint density at radius 3 is 2.50 bits per heavy atom. The molecule has 30 heavy (non-hydrogen) atoms. The first-order chi connectivity index (χ1) is 14.5. The van der Waals surface area contributed by atoms with Crippen LogP contribution in [0.5, 0.6) is 11.5 Å². The van der Waals surface area contributed by atoms with Crippen molar-refractivity contribution in [3.05, 3.63) is 64.3 Å². The van der Waals surface area contributed by atoms with E-state index in [1.54, 1.807) is 51.5 Å². The summed E-state index contributed by atoms with van der Waals surface area (Å²) in [5.41, 5.74) is 1.91. The van der Waals surface area contributed by atoms with Crippen molar-refractivity contribution in [2.45, 2.75) is 13.5 Å². The minimum atomic E-state index is -0.229. The van der Waals surface area contributed by atoms with Crippen LogP contribution in [0.15, 0.2) is 53.1 Å². The van der Waals surface area contributed by atoms with Crippen LogP contribution in [0, 0.1) is 0 Å². The van der Waals surface area contributed by atoms with Crippen molar-refractivity contribution in [1.29, 1.82) is 0 Å². The maximum atomic E-state index is 12.5. The van der Waals surface area contributed by atoms with E-state index in [9.17, 15) is 9.59 Å². The summed E-state index contributed by atoms with van der Waals surface area (Å²) < 4.78 is 16.1. The summed E-state index contributed by atoms with van der Waals surface area (Å²) in [6, 6.07) is 12.2. The van der Waals surface area contributed by atoms with E-state index in [4.69, 9.17) is 14.2 Å². The van der Waals surface area contributed by atoms with Crippen molar-refractivity contribution in [1.82, 2.24) is 5.32 Å². The number of ether oxygens (including phenoxy) is 3. The molecule has 158 valence electrons. The number of hydrogen-bond donors (Lipinski definition) is 2. The first-order valence-electron chi connectivity index (χ1n) is 9.39. The van der Waals surface area contributed by atoms with Gasteiger partial charge in [0.25, 0.3) is 11.8 Å². The number of carbonyl (C=O) groups excluding carboxylic acids is 2. The Morgan fingerprint density at radius 1 is 1.07 bits per heavy atom. The second-order valence-corrected chi connectivity index (χ2v) is 7.55. The number of thioether (sulfide) groups is 1. The molecule has 0 unspecified atom stereocenters. The van der Waals surface area contributed by atoms with Gasteiger partial charge in [-0.1, -0.05) is 12.1 Å². The van der Waals surface area contributed by atoms with Crippen LogP contribution in [0.4, 0.5) is 5.69 Å². The van der Waals surface area contributed by atoms with Crippen molar-refractivity contribution in [3.63, 3.8) is 0 Å². The summed E-state index contributed by atoms with van der Waals surface area (Å²) in [5.74, 6) is 2.14. The largest absolute Gasteiger partial charge is 0.496 e. The van der Waals surface area contributed by atoms with Gasteiger partial charge in [-0.3, -0.25) is 9.59 Å². The van der Waals surface area contributed by atoms with E-state index in [-0.39, 0.29) is 11.8 Å². The Labute approximate surface area is 179 Å². The lowest BCUT2D eigenvalue weighted by atomic mass is 10.1. The molecule has 0 saturated heterocycles. The summed E-state index contributed by atoms with van der Waals surface area (Å²) in [7, 11) is 3.13. The summed E-state index contributed by atoms with van der Waals surface area (Å²) >= 11 is 1.48. The molecule has 1 heterocycles. The van der Waals surface area contributed by atoms with Gasteiger partial charge in [-0.2, -0.15) is 0 Å². The van der Waals surface area contributed by atoms with E-state index in [1.165, 1.54) is 11.8 Å². The zero-order chi connectivity index (χ0) is 21.5. The highest BCUT2D eigenvalue weighted by Crippen LogP contribution is 2.30. The molecule has 0 fully saturated rings. The minimum absolute atomic E-state index is 0.209. The number of para-hydroxylation sites is 1. The van der Waals surface area contributed by atoms with Gasteiger partial charge in [-0.05, 0) is 37.3 Å². The highest BCUT2D eigenvalue weighted by Gasteiger charge is 2.19. The van der Waals surface area contributed by atoms with E-state index in [0.717, 1.165) is 11.3 Å². The van der Waals surface area contributed by atoms with E-state index >= 15 is 0 Å². The summed E-state index contributed by atoms with van der Waals surface area (Å²) in [4.78, 5) is 25.5. The smallest absolute Gasteiger partial charge is 0.265 e. The molecule has 1 aliphatic rings. The lowest BCUT2D eigenvalue weighted by Crippen LogP contribution is -2.23. The molecule has 1 aliphatic heterocycles. The molecule has 0 radical (unpaired) electrons. The van der Waals surface area contributed by atoms with Crippen LogP contribution >= 0.6 is 11.8 Å². The molecule has 2 aromatic rings. The maximum Gasteiger partial charge on any atom is 0.265 e. The molecule has 0 spiro atoms. The van der Waals surface area contributed by atoms with Crippen LogP contribution in [0.2, 0.25) is 0 Å². The maximum absolute atomic E-state index is 12.5. The molecule has 0 atom stereocenters. The van der Waals surface area contributed by atoms with Gasteiger partial charge >= 0.3 is 0 Å². The number of rotatable bonds is 7. The molecule has 7 nitrogen and oxygen atoms in total. The lowest BCUT2D eigenvalue weighted by molar-refractivity contribution is -0.112. The summed E-state index contributed by atoms with van der Waals surface area (Å²) in [6.45, 7) is 2.69. The second kappa shape index (κ2) is 10.1. The number of hydrogen-bond acceptors (Lipinski definition) is 6. The van der Waals surface area contributed by atoms with Gasteiger partial charge in [0.1, 0.15) is 10.7 Å². The van der Waals surface area contributed by atoms with Crippen LogP contribution in [0.25, 0.3) is 0 Å². The number of allylic oxidation sites excluding steroid dienone is 1. The van der Waals surface area contributed by atoms with Crippen LogP contribution in [0.1, 0.15) is 22.8 Å². The molecule has 0 bridgehead atoms. The van der Waals surface area contributed by atoms with Gasteiger partial charge < -0.3 is 24.8 Å². The fourth-order valence-electron chi connectivity index (χ4n) is 2.99. The number of methoxy groups -OCH3 is 2. The predicted molar refractivity (Wildman–Crippen MR) is 117 cm³/mol. The third kappa shape index (κ3) is 5.07. The van der Waals surface area contributed by atoms with E-state index in [0.29, 0.717) is 46.6 Å². The molecule has 3 rings (SSSR count). The number of amides is 2. The molecule has 2 aromatic carbocycles. The lowest BCUT2D eigenvalue weighted by Gasteiger charge is -2.17. The van der Waals surface area contributed by atoms with Gasteiger partial charge in [-0.25, -0.2) is 0 Å². The van der Waals surface area contributed by atoms with E-state index < -0.39 is 0 Å².